The first-order valence-electron chi connectivity index (χ1n) is 7.95. The number of amides is 1. The lowest BCUT2D eigenvalue weighted by Crippen LogP contribution is -2.40. The van der Waals surface area contributed by atoms with Crippen LogP contribution in [0.5, 0.6) is 0 Å². The maximum atomic E-state index is 12.8. The van der Waals surface area contributed by atoms with Crippen molar-refractivity contribution in [2.45, 2.75) is 26.7 Å². The van der Waals surface area contributed by atoms with Gasteiger partial charge in [-0.25, -0.2) is 4.98 Å². The van der Waals surface area contributed by atoms with E-state index in [0.29, 0.717) is 53.2 Å². The van der Waals surface area contributed by atoms with E-state index in [2.05, 4.69) is 9.97 Å². The molecule has 1 aliphatic rings. The summed E-state index contributed by atoms with van der Waals surface area (Å²) in [6, 6.07) is 0. The highest BCUT2D eigenvalue weighted by Crippen LogP contribution is 2.29. The van der Waals surface area contributed by atoms with Gasteiger partial charge < -0.3 is 14.6 Å². The van der Waals surface area contributed by atoms with Crippen molar-refractivity contribution in [1.29, 1.82) is 0 Å². The molecule has 24 heavy (non-hydrogen) atoms. The van der Waals surface area contributed by atoms with E-state index in [1.807, 2.05) is 0 Å². The first-order chi connectivity index (χ1) is 11.5. The van der Waals surface area contributed by atoms with Crippen molar-refractivity contribution < 1.29 is 14.3 Å². The number of fused-ring (bicyclic) bond motifs is 1. The Morgan fingerprint density at radius 1 is 1.42 bits per heavy atom. The molecule has 1 saturated heterocycles. The van der Waals surface area contributed by atoms with Gasteiger partial charge in [-0.15, -0.1) is 11.3 Å². The summed E-state index contributed by atoms with van der Waals surface area (Å²) in [7, 11) is 0. The first kappa shape index (κ1) is 16.6. The minimum Gasteiger partial charge on any atom is -0.466 e. The van der Waals surface area contributed by atoms with Gasteiger partial charge in [0.15, 0.2) is 0 Å². The summed E-state index contributed by atoms with van der Waals surface area (Å²) in [5.41, 5.74) is 0.440. The monoisotopic (exact) mass is 349 g/mol. The van der Waals surface area contributed by atoms with Crippen LogP contribution in [0.15, 0.2) is 11.1 Å². The zero-order valence-electron chi connectivity index (χ0n) is 13.6. The van der Waals surface area contributed by atoms with Crippen molar-refractivity contribution in [3.63, 3.8) is 0 Å². The predicted molar refractivity (Wildman–Crippen MR) is 90.2 cm³/mol. The second-order valence-electron chi connectivity index (χ2n) is 5.79. The Kier molecular flexibility index (Phi) is 4.66. The van der Waals surface area contributed by atoms with Crippen LogP contribution < -0.4 is 5.56 Å². The number of nitrogens with zero attached hydrogens (tertiary/aromatic N) is 2. The Balaban J connectivity index is 1.77. The molecule has 8 heteroatoms. The molecule has 2 aromatic heterocycles. The Morgan fingerprint density at radius 2 is 2.12 bits per heavy atom. The van der Waals surface area contributed by atoms with E-state index in [4.69, 9.17) is 4.74 Å². The van der Waals surface area contributed by atoms with Crippen LogP contribution >= 0.6 is 11.3 Å². The summed E-state index contributed by atoms with van der Waals surface area (Å²) in [6.45, 7) is 4.96. The number of hydrogen-bond acceptors (Lipinski definition) is 6. The fourth-order valence-electron chi connectivity index (χ4n) is 3.00. The summed E-state index contributed by atoms with van der Waals surface area (Å²) >= 11 is 1.24. The highest BCUT2D eigenvalue weighted by atomic mass is 32.1. The van der Waals surface area contributed by atoms with Gasteiger partial charge in [-0.3, -0.25) is 14.4 Å². The lowest BCUT2D eigenvalue weighted by Gasteiger charge is -2.30. The van der Waals surface area contributed by atoms with Gasteiger partial charge in [0.25, 0.3) is 11.5 Å². The van der Waals surface area contributed by atoms with Crippen LogP contribution in [0.4, 0.5) is 0 Å². The van der Waals surface area contributed by atoms with Crippen LogP contribution in [0.25, 0.3) is 10.2 Å². The molecule has 3 heterocycles. The molecular formula is C16H19N3O4S. The van der Waals surface area contributed by atoms with E-state index in [-0.39, 0.29) is 23.4 Å². The van der Waals surface area contributed by atoms with Crippen LogP contribution in [-0.4, -0.2) is 46.4 Å². The summed E-state index contributed by atoms with van der Waals surface area (Å²) in [6.07, 6.45) is 2.56. The van der Waals surface area contributed by atoms with Gasteiger partial charge in [0, 0.05) is 13.1 Å². The average molecular weight is 349 g/mol. The zero-order chi connectivity index (χ0) is 17.3. The second kappa shape index (κ2) is 6.72. The van der Waals surface area contributed by atoms with E-state index in [9.17, 15) is 14.4 Å². The largest absolute Gasteiger partial charge is 0.466 e. The molecule has 2 aromatic rings. The predicted octanol–water partition coefficient (Wildman–Crippen LogP) is 1.71. The Bertz CT molecular complexity index is 833. The Morgan fingerprint density at radius 3 is 2.75 bits per heavy atom. The molecule has 0 spiro atoms. The normalized spacial score (nSPS) is 15.7. The maximum absolute atomic E-state index is 12.8. The first-order valence-corrected chi connectivity index (χ1v) is 8.77. The van der Waals surface area contributed by atoms with Crippen molar-refractivity contribution in [3.8, 4) is 0 Å². The zero-order valence-corrected chi connectivity index (χ0v) is 14.4. The molecule has 1 aliphatic heterocycles. The molecule has 0 radical (unpaired) electrons. The lowest BCUT2D eigenvalue weighted by atomic mass is 9.97. The number of nitrogens with one attached hydrogen (secondary N) is 1. The van der Waals surface area contributed by atoms with E-state index in [1.165, 1.54) is 17.7 Å². The number of carbonyl (C=O) groups excluding carboxylic acids is 2. The van der Waals surface area contributed by atoms with Gasteiger partial charge in [-0.2, -0.15) is 0 Å². The number of piperidine rings is 1. The molecule has 0 aliphatic carbocycles. The van der Waals surface area contributed by atoms with Crippen molar-refractivity contribution in [3.05, 3.63) is 27.1 Å². The molecule has 1 fully saturated rings. The van der Waals surface area contributed by atoms with Gasteiger partial charge >= 0.3 is 5.97 Å². The molecule has 128 valence electrons. The third-order valence-corrected chi connectivity index (χ3v) is 5.52. The number of thiophene rings is 1. The summed E-state index contributed by atoms with van der Waals surface area (Å²) in [5.74, 6) is -0.419. The lowest BCUT2D eigenvalue weighted by molar-refractivity contribution is -0.149. The van der Waals surface area contributed by atoms with Crippen molar-refractivity contribution in [2.24, 2.45) is 5.92 Å². The van der Waals surface area contributed by atoms with Gasteiger partial charge in [-0.1, -0.05) is 0 Å². The highest BCUT2D eigenvalue weighted by molar-refractivity contribution is 7.20. The van der Waals surface area contributed by atoms with Crippen LogP contribution in [0.2, 0.25) is 0 Å². The van der Waals surface area contributed by atoms with Crippen LogP contribution in [0.1, 0.15) is 35.0 Å². The highest BCUT2D eigenvalue weighted by Gasteiger charge is 2.30. The van der Waals surface area contributed by atoms with Crippen molar-refractivity contribution >= 4 is 33.4 Å². The number of esters is 1. The molecular weight excluding hydrogens is 330 g/mol. The number of likely N-dealkylation sites (tertiary alicyclic amines) is 1. The molecule has 1 N–H and O–H groups in total. The van der Waals surface area contributed by atoms with Gasteiger partial charge in [0.05, 0.1) is 29.1 Å². The van der Waals surface area contributed by atoms with E-state index in [0.717, 1.165) is 0 Å². The number of carbonyl (C=O) groups is 2. The molecule has 0 unspecified atom stereocenters. The molecule has 1 amide bonds. The standard InChI is InChI=1S/C16H19N3O4S/c1-3-23-16(22)10-4-6-19(7-5-10)15(21)12-9(2)11-13(20)17-8-18-14(11)24-12/h8,10H,3-7H2,1-2H3,(H,17,18,20). The SMILES string of the molecule is CCOC(=O)C1CCN(C(=O)c2sc3nc[nH]c(=O)c3c2C)CC1. The number of ether oxygens (including phenoxy) is 1. The molecule has 0 atom stereocenters. The second-order valence-corrected chi connectivity index (χ2v) is 6.79. The van der Waals surface area contributed by atoms with Crippen LogP contribution in [0.3, 0.4) is 0 Å². The number of aryl methyl sites for hydroxylation is 1. The van der Waals surface area contributed by atoms with Gasteiger partial charge in [0.1, 0.15) is 4.83 Å². The van der Waals surface area contributed by atoms with E-state index < -0.39 is 0 Å². The van der Waals surface area contributed by atoms with Crippen molar-refractivity contribution in [1.82, 2.24) is 14.9 Å². The summed E-state index contributed by atoms with van der Waals surface area (Å²) < 4.78 is 5.05. The number of H-pyrrole nitrogens is 1. The molecule has 3 rings (SSSR count). The van der Waals surface area contributed by atoms with Crippen LogP contribution in [0, 0.1) is 12.8 Å². The van der Waals surface area contributed by atoms with Gasteiger partial charge in [0.2, 0.25) is 0 Å². The number of hydrogen-bond donors (Lipinski definition) is 1. The number of aromatic amines is 1. The number of rotatable bonds is 3. The minimum absolute atomic E-state index is 0.0998. The van der Waals surface area contributed by atoms with Gasteiger partial charge in [-0.05, 0) is 32.3 Å². The minimum atomic E-state index is -0.228. The third-order valence-electron chi connectivity index (χ3n) is 4.33. The third kappa shape index (κ3) is 2.93. The van der Waals surface area contributed by atoms with E-state index in [1.54, 1.807) is 18.7 Å². The summed E-state index contributed by atoms with van der Waals surface area (Å²) in [4.78, 5) is 46.0. The van der Waals surface area contributed by atoms with Crippen molar-refractivity contribution in [2.75, 3.05) is 19.7 Å². The summed E-state index contributed by atoms with van der Waals surface area (Å²) in [5, 5.41) is 0.479. The van der Waals surface area contributed by atoms with E-state index >= 15 is 0 Å². The number of aromatic nitrogens is 2. The maximum Gasteiger partial charge on any atom is 0.309 e. The topological polar surface area (TPSA) is 92.4 Å². The Hall–Kier alpha value is -2.22. The average Bonchev–Trinajstić information content (AvgIpc) is 2.93. The quantitative estimate of drug-likeness (QED) is 0.852. The fraction of sp³-hybridized carbons (Fsp3) is 0.500. The fourth-order valence-corrected chi connectivity index (χ4v) is 4.12. The molecule has 0 aromatic carbocycles. The smallest absolute Gasteiger partial charge is 0.309 e. The Labute approximate surface area is 142 Å². The van der Waals surface area contributed by atoms with Crippen LogP contribution in [-0.2, 0) is 9.53 Å². The molecule has 7 nitrogen and oxygen atoms in total. The molecule has 0 bridgehead atoms. The molecule has 0 saturated carbocycles.